The lowest BCUT2D eigenvalue weighted by Gasteiger charge is -2.06. The van der Waals surface area contributed by atoms with Crippen molar-refractivity contribution in [3.05, 3.63) is 30.3 Å². The highest BCUT2D eigenvalue weighted by Crippen LogP contribution is 2.24. The standard InChI is InChI=1S/C15H15N5O2S/c1-21-12-8-13(22-2)20-14(19-12)10-4-6-11(7-5-10)18-15(23-3)17-9-16/h4-8H,1-3H3,(H,17,18). The number of ether oxygens (including phenoxy) is 2. The second-order valence-electron chi connectivity index (χ2n) is 4.18. The highest BCUT2D eigenvalue weighted by molar-refractivity contribution is 8.13. The van der Waals surface area contributed by atoms with Gasteiger partial charge in [-0.1, -0.05) is 11.8 Å². The van der Waals surface area contributed by atoms with Crippen LogP contribution < -0.4 is 14.8 Å². The fourth-order valence-corrected chi connectivity index (χ4v) is 2.06. The Kier molecular flexibility index (Phi) is 5.77. The monoisotopic (exact) mass is 329 g/mol. The molecular formula is C15H15N5O2S. The van der Waals surface area contributed by atoms with Gasteiger partial charge in [0.2, 0.25) is 11.8 Å². The van der Waals surface area contributed by atoms with Gasteiger partial charge in [-0.2, -0.15) is 15.2 Å². The van der Waals surface area contributed by atoms with Gasteiger partial charge >= 0.3 is 0 Å². The molecular weight excluding hydrogens is 314 g/mol. The van der Waals surface area contributed by atoms with Gasteiger partial charge in [-0.05, 0) is 30.5 Å². The van der Waals surface area contributed by atoms with Crippen LogP contribution in [0.15, 0.2) is 35.3 Å². The number of amidine groups is 1. The predicted octanol–water partition coefficient (Wildman–Crippen LogP) is 2.58. The molecule has 0 amide bonds. The molecule has 118 valence electrons. The number of nitrogens with zero attached hydrogens (tertiary/aromatic N) is 4. The number of rotatable bonds is 4. The Balaban J connectivity index is 2.31. The number of thioether (sulfide) groups is 1. The van der Waals surface area contributed by atoms with Gasteiger partial charge < -0.3 is 9.47 Å². The molecule has 0 saturated carbocycles. The Labute approximate surface area is 138 Å². The normalized spacial score (nSPS) is 10.8. The van der Waals surface area contributed by atoms with Crippen molar-refractivity contribution < 1.29 is 9.47 Å². The third-order valence-electron chi connectivity index (χ3n) is 2.81. The maximum atomic E-state index is 8.64. The molecule has 0 spiro atoms. The quantitative estimate of drug-likeness (QED) is 0.399. The molecule has 0 saturated heterocycles. The fraction of sp³-hybridized carbons (Fsp3) is 0.200. The van der Waals surface area contributed by atoms with Crippen LogP contribution in [0.2, 0.25) is 0 Å². The van der Waals surface area contributed by atoms with Gasteiger partial charge in [-0.25, -0.2) is 4.99 Å². The number of methoxy groups -OCH3 is 2. The summed E-state index contributed by atoms with van der Waals surface area (Å²) in [5.41, 5.74) is 1.52. The summed E-state index contributed by atoms with van der Waals surface area (Å²) in [6, 6.07) is 8.94. The molecule has 7 nitrogen and oxygen atoms in total. The van der Waals surface area contributed by atoms with Gasteiger partial charge in [0, 0.05) is 5.56 Å². The van der Waals surface area contributed by atoms with Crippen LogP contribution in [0.4, 0.5) is 5.69 Å². The van der Waals surface area contributed by atoms with Crippen LogP contribution in [-0.4, -0.2) is 35.6 Å². The number of nitrogens with one attached hydrogen (secondary N) is 1. The molecule has 0 fully saturated rings. The highest BCUT2D eigenvalue weighted by Gasteiger charge is 2.08. The Bertz CT molecular complexity index is 718. The van der Waals surface area contributed by atoms with E-state index in [0.29, 0.717) is 22.8 Å². The lowest BCUT2D eigenvalue weighted by atomic mass is 10.2. The van der Waals surface area contributed by atoms with Gasteiger partial charge in [0.1, 0.15) is 0 Å². The van der Waals surface area contributed by atoms with Crippen LogP contribution in [0, 0.1) is 11.5 Å². The first-order chi connectivity index (χ1) is 11.2. The average Bonchev–Trinajstić information content (AvgIpc) is 2.61. The van der Waals surface area contributed by atoms with E-state index in [1.807, 2.05) is 36.7 Å². The summed E-state index contributed by atoms with van der Waals surface area (Å²) in [6.45, 7) is 0. The zero-order chi connectivity index (χ0) is 16.7. The van der Waals surface area contributed by atoms with E-state index >= 15 is 0 Å². The number of nitriles is 1. The van der Waals surface area contributed by atoms with Crippen molar-refractivity contribution in [1.82, 2.24) is 15.3 Å². The van der Waals surface area contributed by atoms with E-state index in [1.165, 1.54) is 26.0 Å². The maximum Gasteiger partial charge on any atom is 0.220 e. The molecule has 0 aliphatic carbocycles. The van der Waals surface area contributed by atoms with Crippen LogP contribution in [0.5, 0.6) is 11.8 Å². The molecule has 0 radical (unpaired) electrons. The summed E-state index contributed by atoms with van der Waals surface area (Å²) in [4.78, 5) is 12.9. The molecule has 0 aliphatic heterocycles. The molecule has 2 rings (SSSR count). The summed E-state index contributed by atoms with van der Waals surface area (Å²) in [6.07, 6.45) is 3.69. The molecule has 0 bridgehead atoms. The smallest absolute Gasteiger partial charge is 0.220 e. The molecule has 23 heavy (non-hydrogen) atoms. The topological polar surface area (TPSA) is 92.4 Å². The van der Waals surface area contributed by atoms with E-state index in [2.05, 4.69) is 20.3 Å². The van der Waals surface area contributed by atoms with Crippen LogP contribution in [0.1, 0.15) is 0 Å². The van der Waals surface area contributed by atoms with Crippen molar-refractivity contribution in [3.63, 3.8) is 0 Å². The Hall–Kier alpha value is -2.79. The number of hydrogen-bond donors (Lipinski definition) is 1. The molecule has 1 heterocycles. The molecule has 8 heteroatoms. The van der Waals surface area contributed by atoms with Crippen molar-refractivity contribution in [2.24, 2.45) is 4.99 Å². The highest BCUT2D eigenvalue weighted by atomic mass is 32.2. The van der Waals surface area contributed by atoms with Crippen molar-refractivity contribution in [1.29, 1.82) is 5.26 Å². The molecule has 0 aliphatic rings. The zero-order valence-corrected chi connectivity index (χ0v) is 13.7. The number of hydrogen-bond acceptors (Lipinski definition) is 7. The van der Waals surface area contributed by atoms with E-state index in [4.69, 9.17) is 14.7 Å². The van der Waals surface area contributed by atoms with E-state index < -0.39 is 0 Å². The molecule has 1 N–H and O–H groups in total. The minimum Gasteiger partial charge on any atom is -0.481 e. The fourth-order valence-electron chi connectivity index (χ4n) is 1.72. The lowest BCUT2D eigenvalue weighted by molar-refractivity contribution is 0.372. The number of aliphatic imine (C=N–C) groups is 1. The van der Waals surface area contributed by atoms with Crippen molar-refractivity contribution in [2.75, 3.05) is 20.5 Å². The van der Waals surface area contributed by atoms with Gasteiger partial charge in [-0.15, -0.1) is 0 Å². The summed E-state index contributed by atoms with van der Waals surface area (Å²) in [7, 11) is 3.07. The number of aromatic nitrogens is 2. The SMILES string of the molecule is COc1cc(OC)nc(-c2ccc(N=C(NC#N)SC)cc2)n1. The first kappa shape index (κ1) is 16.6. The van der Waals surface area contributed by atoms with Crippen molar-refractivity contribution in [2.45, 2.75) is 0 Å². The molecule has 0 unspecified atom stereocenters. The average molecular weight is 329 g/mol. The number of benzene rings is 1. The maximum absolute atomic E-state index is 8.64. The predicted molar refractivity (Wildman–Crippen MR) is 89.9 cm³/mol. The Morgan fingerprint density at radius 3 is 2.26 bits per heavy atom. The summed E-state index contributed by atoms with van der Waals surface area (Å²) in [5, 5.41) is 11.7. The lowest BCUT2D eigenvalue weighted by Crippen LogP contribution is -2.12. The van der Waals surface area contributed by atoms with Gasteiger partial charge in [0.05, 0.1) is 26.0 Å². The van der Waals surface area contributed by atoms with Crippen LogP contribution >= 0.6 is 11.8 Å². The van der Waals surface area contributed by atoms with Crippen LogP contribution in [0.3, 0.4) is 0 Å². The van der Waals surface area contributed by atoms with Gasteiger partial charge in [0.25, 0.3) is 0 Å². The van der Waals surface area contributed by atoms with Gasteiger partial charge in [0.15, 0.2) is 17.2 Å². The van der Waals surface area contributed by atoms with E-state index in [1.54, 1.807) is 6.07 Å². The Morgan fingerprint density at radius 1 is 1.17 bits per heavy atom. The third kappa shape index (κ3) is 4.34. The first-order valence-electron chi connectivity index (χ1n) is 6.55. The summed E-state index contributed by atoms with van der Waals surface area (Å²) < 4.78 is 10.3. The summed E-state index contributed by atoms with van der Waals surface area (Å²) in [5.74, 6) is 1.35. The Morgan fingerprint density at radius 2 is 1.78 bits per heavy atom. The molecule has 2 aromatic rings. The van der Waals surface area contributed by atoms with E-state index in [9.17, 15) is 0 Å². The third-order valence-corrected chi connectivity index (χ3v) is 3.39. The second-order valence-corrected chi connectivity index (χ2v) is 4.98. The van der Waals surface area contributed by atoms with Crippen molar-refractivity contribution >= 4 is 22.6 Å². The second kappa shape index (κ2) is 8.00. The molecule has 0 atom stereocenters. The van der Waals surface area contributed by atoms with Crippen LogP contribution in [-0.2, 0) is 0 Å². The summed E-state index contributed by atoms with van der Waals surface area (Å²) >= 11 is 1.36. The zero-order valence-electron chi connectivity index (χ0n) is 12.9. The molecule has 1 aromatic heterocycles. The largest absolute Gasteiger partial charge is 0.481 e. The molecule has 1 aromatic carbocycles. The van der Waals surface area contributed by atoms with Crippen molar-refractivity contribution in [3.8, 4) is 29.3 Å². The first-order valence-corrected chi connectivity index (χ1v) is 7.78. The van der Waals surface area contributed by atoms with Gasteiger partial charge in [-0.3, -0.25) is 5.32 Å². The minimum atomic E-state index is 0.428. The minimum absolute atomic E-state index is 0.428. The van der Waals surface area contributed by atoms with E-state index in [0.717, 1.165) is 11.3 Å². The van der Waals surface area contributed by atoms with Crippen LogP contribution in [0.25, 0.3) is 11.4 Å². The van der Waals surface area contributed by atoms with E-state index in [-0.39, 0.29) is 0 Å².